The SMILES string of the molecule is CN(C)CCC(=O)[C@H]1CC[C@H]2[C@@H]3CC[C@@H]4C[C@](C)(O)CC[C@@H]4[C@H]3CC[C@]12C. The molecule has 1 N–H and O–H groups in total. The van der Waals surface area contributed by atoms with Crippen molar-refractivity contribution < 1.29 is 9.90 Å². The zero-order valence-corrected chi connectivity index (χ0v) is 18.0. The Hall–Kier alpha value is -0.410. The summed E-state index contributed by atoms with van der Waals surface area (Å²) in [7, 11) is 4.13. The minimum atomic E-state index is -0.422. The van der Waals surface area contributed by atoms with Gasteiger partial charge in [0.05, 0.1) is 5.60 Å². The van der Waals surface area contributed by atoms with Gasteiger partial charge >= 0.3 is 0 Å². The minimum absolute atomic E-state index is 0.261. The van der Waals surface area contributed by atoms with Crippen molar-refractivity contribution >= 4 is 5.78 Å². The second-order valence-corrected chi connectivity index (χ2v) is 11.4. The quantitative estimate of drug-likeness (QED) is 0.785. The van der Waals surface area contributed by atoms with Crippen LogP contribution in [-0.4, -0.2) is 42.0 Å². The van der Waals surface area contributed by atoms with Crippen molar-refractivity contribution in [2.75, 3.05) is 20.6 Å². The summed E-state index contributed by atoms with van der Waals surface area (Å²) < 4.78 is 0. The Morgan fingerprint density at radius 3 is 2.44 bits per heavy atom. The van der Waals surface area contributed by atoms with Crippen LogP contribution in [0.25, 0.3) is 0 Å². The first-order valence-electron chi connectivity index (χ1n) is 11.6. The maximum Gasteiger partial charge on any atom is 0.137 e. The molecule has 0 saturated heterocycles. The Bertz CT molecular complexity index is 571. The average molecular weight is 376 g/mol. The molecule has 0 aromatic rings. The van der Waals surface area contributed by atoms with Gasteiger partial charge in [-0.3, -0.25) is 4.79 Å². The van der Waals surface area contributed by atoms with E-state index in [1.807, 2.05) is 6.92 Å². The van der Waals surface area contributed by atoms with Crippen molar-refractivity contribution in [2.24, 2.45) is 40.9 Å². The first-order chi connectivity index (χ1) is 12.7. The van der Waals surface area contributed by atoms with Gasteiger partial charge in [-0.2, -0.15) is 0 Å². The van der Waals surface area contributed by atoms with Crippen LogP contribution in [-0.2, 0) is 4.79 Å². The highest BCUT2D eigenvalue weighted by atomic mass is 16.3. The summed E-state index contributed by atoms with van der Waals surface area (Å²) in [4.78, 5) is 15.2. The second-order valence-electron chi connectivity index (χ2n) is 11.4. The molecule has 0 aromatic carbocycles. The highest BCUT2D eigenvalue weighted by Gasteiger charge is 2.58. The molecule has 4 aliphatic rings. The zero-order chi connectivity index (χ0) is 19.4. The number of hydrogen-bond acceptors (Lipinski definition) is 3. The normalized spacial score (nSPS) is 49.4. The molecular weight excluding hydrogens is 334 g/mol. The van der Waals surface area contributed by atoms with E-state index in [1.54, 1.807) is 0 Å². The summed E-state index contributed by atoms with van der Waals surface area (Å²) in [6.45, 7) is 5.41. The van der Waals surface area contributed by atoms with Gasteiger partial charge in [-0.1, -0.05) is 6.92 Å². The number of ketones is 1. The van der Waals surface area contributed by atoms with Crippen LogP contribution in [0.5, 0.6) is 0 Å². The standard InChI is InChI=1S/C24H41NO2/c1-23(27)12-9-17-16(15-23)5-6-19-18(17)10-13-24(2)20(19)7-8-21(24)22(26)11-14-25(3)4/h16-21,27H,5-15H2,1-4H3/t16-,17+,18-,19-,20+,21-,23-,24+/m1/s1. The zero-order valence-electron chi connectivity index (χ0n) is 18.0. The molecule has 0 heterocycles. The summed E-state index contributed by atoms with van der Waals surface area (Å²) in [5.74, 6) is 4.93. The largest absolute Gasteiger partial charge is 0.390 e. The first kappa shape index (κ1) is 19.9. The van der Waals surface area contributed by atoms with Gasteiger partial charge in [0.15, 0.2) is 0 Å². The summed E-state index contributed by atoms with van der Waals surface area (Å²) >= 11 is 0. The van der Waals surface area contributed by atoms with Crippen LogP contribution >= 0.6 is 0 Å². The van der Waals surface area contributed by atoms with E-state index in [4.69, 9.17) is 0 Å². The Kier molecular flexibility index (Phi) is 5.25. The lowest BCUT2D eigenvalue weighted by Gasteiger charge is -2.56. The molecule has 0 amide bonds. The summed E-state index contributed by atoms with van der Waals surface area (Å²) in [6, 6.07) is 0. The van der Waals surface area contributed by atoms with Crippen molar-refractivity contribution in [2.45, 2.75) is 83.7 Å². The van der Waals surface area contributed by atoms with E-state index in [2.05, 4.69) is 25.9 Å². The first-order valence-corrected chi connectivity index (χ1v) is 11.6. The fraction of sp³-hybridized carbons (Fsp3) is 0.958. The molecule has 3 nitrogen and oxygen atoms in total. The Balaban J connectivity index is 1.47. The monoisotopic (exact) mass is 375 g/mol. The van der Waals surface area contributed by atoms with E-state index in [9.17, 15) is 9.90 Å². The lowest BCUT2D eigenvalue weighted by Crippen LogP contribution is -2.51. The predicted octanol–water partition coefficient (Wildman–Crippen LogP) is 4.53. The maximum atomic E-state index is 13.0. The molecule has 8 atom stereocenters. The highest BCUT2D eigenvalue weighted by Crippen LogP contribution is 2.64. The number of aliphatic hydroxyl groups is 1. The Morgan fingerprint density at radius 1 is 0.963 bits per heavy atom. The van der Waals surface area contributed by atoms with Gasteiger partial charge in [0.25, 0.3) is 0 Å². The van der Waals surface area contributed by atoms with Crippen LogP contribution in [0, 0.1) is 40.9 Å². The lowest BCUT2D eigenvalue weighted by molar-refractivity contribution is -0.132. The van der Waals surface area contributed by atoms with E-state index >= 15 is 0 Å². The van der Waals surface area contributed by atoms with Gasteiger partial charge in [0.1, 0.15) is 5.78 Å². The van der Waals surface area contributed by atoms with Gasteiger partial charge in [-0.05, 0) is 114 Å². The molecule has 4 fully saturated rings. The van der Waals surface area contributed by atoms with Crippen LogP contribution in [0.2, 0.25) is 0 Å². The maximum absolute atomic E-state index is 13.0. The van der Waals surface area contributed by atoms with Crippen molar-refractivity contribution in [3.05, 3.63) is 0 Å². The Labute approximate surface area is 166 Å². The number of carbonyl (C=O) groups excluding carboxylic acids is 1. The minimum Gasteiger partial charge on any atom is -0.390 e. The van der Waals surface area contributed by atoms with E-state index in [0.717, 1.165) is 61.8 Å². The fourth-order valence-electron chi connectivity index (χ4n) is 8.12. The summed E-state index contributed by atoms with van der Waals surface area (Å²) in [5, 5.41) is 10.5. The molecule has 3 heteroatoms. The summed E-state index contributed by atoms with van der Waals surface area (Å²) in [5.41, 5.74) is -0.161. The molecular formula is C24H41NO2. The molecule has 27 heavy (non-hydrogen) atoms. The van der Waals surface area contributed by atoms with Crippen LogP contribution in [0.15, 0.2) is 0 Å². The van der Waals surface area contributed by atoms with Gasteiger partial charge < -0.3 is 10.0 Å². The van der Waals surface area contributed by atoms with E-state index < -0.39 is 5.60 Å². The molecule has 0 bridgehead atoms. The predicted molar refractivity (Wildman–Crippen MR) is 109 cm³/mol. The van der Waals surface area contributed by atoms with Crippen molar-refractivity contribution in [1.29, 1.82) is 0 Å². The van der Waals surface area contributed by atoms with Crippen molar-refractivity contribution in [3.63, 3.8) is 0 Å². The average Bonchev–Trinajstić information content (AvgIpc) is 2.95. The van der Waals surface area contributed by atoms with E-state index in [1.165, 1.54) is 38.5 Å². The second kappa shape index (κ2) is 7.13. The summed E-state index contributed by atoms with van der Waals surface area (Å²) in [6.07, 6.45) is 11.6. The molecule has 0 spiro atoms. The molecule has 0 radical (unpaired) electrons. The van der Waals surface area contributed by atoms with Gasteiger partial charge in [0.2, 0.25) is 0 Å². The number of fused-ring (bicyclic) bond motifs is 5. The number of hydrogen-bond donors (Lipinski definition) is 1. The number of rotatable bonds is 4. The van der Waals surface area contributed by atoms with E-state index in [-0.39, 0.29) is 5.41 Å². The smallest absolute Gasteiger partial charge is 0.137 e. The van der Waals surface area contributed by atoms with Crippen LogP contribution in [0.4, 0.5) is 0 Å². The van der Waals surface area contributed by atoms with Gasteiger partial charge in [-0.25, -0.2) is 0 Å². The molecule has 4 saturated carbocycles. The molecule has 4 rings (SSSR count). The van der Waals surface area contributed by atoms with Crippen LogP contribution < -0.4 is 0 Å². The molecule has 0 unspecified atom stereocenters. The fourth-order valence-corrected chi connectivity index (χ4v) is 8.12. The van der Waals surface area contributed by atoms with Gasteiger partial charge in [0, 0.05) is 18.9 Å². The number of carbonyl (C=O) groups is 1. The van der Waals surface area contributed by atoms with Crippen molar-refractivity contribution in [3.8, 4) is 0 Å². The lowest BCUT2D eigenvalue weighted by atomic mass is 9.49. The topological polar surface area (TPSA) is 40.5 Å². The third-order valence-corrected chi connectivity index (χ3v) is 9.43. The third-order valence-electron chi connectivity index (χ3n) is 9.43. The Morgan fingerprint density at radius 2 is 1.70 bits per heavy atom. The van der Waals surface area contributed by atoms with E-state index in [0.29, 0.717) is 11.7 Å². The van der Waals surface area contributed by atoms with Crippen molar-refractivity contribution in [1.82, 2.24) is 4.90 Å². The van der Waals surface area contributed by atoms with Crippen LogP contribution in [0.3, 0.4) is 0 Å². The number of Topliss-reactive ketones (excluding diaryl/α,β-unsaturated/α-hetero) is 1. The molecule has 154 valence electrons. The van der Waals surface area contributed by atoms with Gasteiger partial charge in [-0.15, -0.1) is 0 Å². The third kappa shape index (κ3) is 3.52. The highest BCUT2D eigenvalue weighted by molar-refractivity contribution is 5.82. The molecule has 0 aliphatic heterocycles. The molecule has 4 aliphatic carbocycles. The number of nitrogens with zero attached hydrogens (tertiary/aromatic N) is 1. The molecule has 0 aromatic heterocycles. The van der Waals surface area contributed by atoms with Crippen LogP contribution in [0.1, 0.15) is 78.1 Å².